The van der Waals surface area contributed by atoms with Gasteiger partial charge in [0.15, 0.2) is 5.96 Å². The van der Waals surface area contributed by atoms with Gasteiger partial charge in [0.2, 0.25) is 0 Å². The van der Waals surface area contributed by atoms with Gasteiger partial charge in [-0.2, -0.15) is 0 Å². The molecule has 3 N–H and O–H groups in total. The Hall–Kier alpha value is -2.32. The molecule has 0 saturated carbocycles. The molecule has 2 fully saturated rings. The molecule has 2 aliphatic rings. The molecule has 0 aliphatic carbocycles. The predicted octanol–water partition coefficient (Wildman–Crippen LogP) is 2.73. The Kier molecular flexibility index (Phi) is 9.62. The number of morpholine rings is 1. The van der Waals surface area contributed by atoms with E-state index in [1.165, 1.54) is 0 Å². The molecular formula is C24H40N6O2. The highest BCUT2D eigenvalue weighted by molar-refractivity contribution is 5.89. The van der Waals surface area contributed by atoms with E-state index in [1.807, 2.05) is 29.2 Å². The van der Waals surface area contributed by atoms with Crippen molar-refractivity contribution in [2.75, 3.05) is 57.7 Å². The van der Waals surface area contributed by atoms with Crippen molar-refractivity contribution in [3.63, 3.8) is 0 Å². The van der Waals surface area contributed by atoms with Crippen molar-refractivity contribution >= 4 is 17.7 Å². The smallest absolute Gasteiger partial charge is 0.321 e. The molecular weight excluding hydrogens is 404 g/mol. The van der Waals surface area contributed by atoms with Crippen LogP contribution in [0.4, 0.5) is 10.5 Å². The second-order valence-electron chi connectivity index (χ2n) is 9.05. The van der Waals surface area contributed by atoms with Gasteiger partial charge in [-0.1, -0.05) is 26.0 Å². The lowest BCUT2D eigenvalue weighted by Crippen LogP contribution is -2.50. The third kappa shape index (κ3) is 7.98. The van der Waals surface area contributed by atoms with Crippen LogP contribution in [0.1, 0.15) is 39.2 Å². The number of aliphatic imine (C=N–C) groups is 1. The summed E-state index contributed by atoms with van der Waals surface area (Å²) in [5, 5.41) is 9.75. The van der Waals surface area contributed by atoms with Crippen LogP contribution in [0.25, 0.3) is 0 Å². The number of amides is 2. The van der Waals surface area contributed by atoms with Crippen molar-refractivity contribution in [3.05, 3.63) is 29.8 Å². The van der Waals surface area contributed by atoms with Crippen LogP contribution < -0.4 is 16.0 Å². The molecule has 8 heteroatoms. The first-order valence-electron chi connectivity index (χ1n) is 12.0. The molecule has 178 valence electrons. The largest absolute Gasteiger partial charge is 0.374 e. The number of rotatable bonds is 8. The van der Waals surface area contributed by atoms with Gasteiger partial charge in [0.1, 0.15) is 0 Å². The molecule has 2 aliphatic heterocycles. The number of guanidine groups is 1. The average Bonchev–Trinajstić information content (AvgIpc) is 3.31. The summed E-state index contributed by atoms with van der Waals surface area (Å²) < 4.78 is 5.94. The van der Waals surface area contributed by atoms with E-state index < -0.39 is 0 Å². The van der Waals surface area contributed by atoms with Crippen molar-refractivity contribution < 1.29 is 9.53 Å². The van der Waals surface area contributed by atoms with Crippen LogP contribution in [0.15, 0.2) is 29.3 Å². The van der Waals surface area contributed by atoms with E-state index in [2.05, 4.69) is 41.6 Å². The maximum atomic E-state index is 12.3. The van der Waals surface area contributed by atoms with Gasteiger partial charge < -0.3 is 25.6 Å². The molecule has 2 heterocycles. The summed E-state index contributed by atoms with van der Waals surface area (Å²) in [5.74, 6) is 1.44. The molecule has 1 aromatic carbocycles. The van der Waals surface area contributed by atoms with Crippen LogP contribution in [-0.4, -0.2) is 80.3 Å². The second kappa shape index (κ2) is 12.6. The van der Waals surface area contributed by atoms with Crippen LogP contribution in [-0.2, 0) is 11.3 Å². The van der Waals surface area contributed by atoms with Gasteiger partial charge >= 0.3 is 6.03 Å². The molecule has 0 aromatic heterocycles. The zero-order valence-corrected chi connectivity index (χ0v) is 19.9. The predicted molar refractivity (Wildman–Crippen MR) is 130 cm³/mol. The van der Waals surface area contributed by atoms with Crippen LogP contribution >= 0.6 is 0 Å². The Morgan fingerprint density at radius 3 is 2.78 bits per heavy atom. The first-order chi connectivity index (χ1) is 15.5. The van der Waals surface area contributed by atoms with E-state index in [4.69, 9.17) is 9.73 Å². The highest BCUT2D eigenvalue weighted by Gasteiger charge is 2.21. The van der Waals surface area contributed by atoms with E-state index in [0.717, 1.165) is 82.5 Å². The lowest BCUT2D eigenvalue weighted by molar-refractivity contribution is -0.0284. The van der Waals surface area contributed by atoms with Gasteiger partial charge in [-0.25, -0.2) is 9.79 Å². The molecule has 0 radical (unpaired) electrons. The fraction of sp³-hybridized carbons (Fsp3) is 0.667. The number of nitrogens with one attached hydrogen (secondary N) is 3. The number of anilines is 1. The maximum absolute atomic E-state index is 12.3. The van der Waals surface area contributed by atoms with E-state index >= 15 is 0 Å². The molecule has 1 aromatic rings. The van der Waals surface area contributed by atoms with Gasteiger partial charge in [-0.15, -0.1) is 0 Å². The average molecular weight is 445 g/mol. The minimum Gasteiger partial charge on any atom is -0.374 e. The van der Waals surface area contributed by atoms with Crippen molar-refractivity contribution in [2.45, 2.75) is 46.3 Å². The fourth-order valence-electron chi connectivity index (χ4n) is 4.18. The number of carbonyl (C=O) groups excluding carboxylic acids is 1. The number of urea groups is 1. The summed E-state index contributed by atoms with van der Waals surface area (Å²) in [6.45, 7) is 14.2. The van der Waals surface area contributed by atoms with Crippen LogP contribution in [0.5, 0.6) is 0 Å². The minimum absolute atomic E-state index is 0.0165. The summed E-state index contributed by atoms with van der Waals surface area (Å²) >= 11 is 0. The molecule has 1 unspecified atom stereocenters. The third-order valence-corrected chi connectivity index (χ3v) is 5.68. The number of ether oxygens (including phenoxy) is 1. The van der Waals surface area contributed by atoms with Gasteiger partial charge in [0, 0.05) is 51.5 Å². The van der Waals surface area contributed by atoms with Crippen molar-refractivity contribution in [2.24, 2.45) is 10.9 Å². The fourth-order valence-corrected chi connectivity index (χ4v) is 4.18. The van der Waals surface area contributed by atoms with Gasteiger partial charge in [-0.3, -0.25) is 4.90 Å². The van der Waals surface area contributed by atoms with Gasteiger partial charge in [-0.05, 0) is 43.4 Å². The third-order valence-electron chi connectivity index (χ3n) is 5.68. The van der Waals surface area contributed by atoms with Gasteiger partial charge in [0.05, 0.1) is 19.3 Å². The molecule has 32 heavy (non-hydrogen) atoms. The number of hydrogen-bond donors (Lipinski definition) is 3. The number of hydrogen-bond acceptors (Lipinski definition) is 4. The van der Waals surface area contributed by atoms with Crippen molar-refractivity contribution in [3.8, 4) is 0 Å². The minimum atomic E-state index is -0.0165. The molecule has 1 atom stereocenters. The number of nitrogens with zero attached hydrogens (tertiary/aromatic N) is 3. The normalized spacial score (nSPS) is 19.9. The summed E-state index contributed by atoms with van der Waals surface area (Å²) in [4.78, 5) is 21.4. The van der Waals surface area contributed by atoms with Crippen molar-refractivity contribution in [1.82, 2.24) is 20.4 Å². The summed E-state index contributed by atoms with van der Waals surface area (Å²) in [7, 11) is 0. The zero-order valence-electron chi connectivity index (χ0n) is 19.9. The Morgan fingerprint density at radius 2 is 2.03 bits per heavy atom. The monoisotopic (exact) mass is 444 g/mol. The van der Waals surface area contributed by atoms with Crippen LogP contribution in [0, 0.1) is 5.92 Å². The molecule has 2 saturated heterocycles. The number of carbonyl (C=O) groups is 1. The molecule has 3 rings (SSSR count). The van der Waals surface area contributed by atoms with Gasteiger partial charge in [0.25, 0.3) is 0 Å². The van der Waals surface area contributed by atoms with Crippen molar-refractivity contribution in [1.29, 1.82) is 0 Å². The Labute approximate surface area is 192 Å². The van der Waals surface area contributed by atoms with E-state index in [0.29, 0.717) is 12.5 Å². The summed E-state index contributed by atoms with van der Waals surface area (Å²) in [6, 6.07) is 7.90. The van der Waals surface area contributed by atoms with E-state index in [1.54, 1.807) is 0 Å². The first-order valence-corrected chi connectivity index (χ1v) is 12.0. The highest BCUT2D eigenvalue weighted by atomic mass is 16.5. The van der Waals surface area contributed by atoms with Crippen LogP contribution in [0.2, 0.25) is 0 Å². The number of benzene rings is 1. The quantitative estimate of drug-likeness (QED) is 0.424. The molecule has 2 amide bonds. The second-order valence-corrected chi connectivity index (χ2v) is 9.05. The zero-order chi connectivity index (χ0) is 22.8. The molecule has 8 nitrogen and oxygen atoms in total. The standard InChI is InChI=1S/C24H40N6O2/c1-4-25-23(27-16-22-18-29(12-13-32-22)17-19(2)3)26-15-20-8-7-9-21(14-20)28-24(31)30-10-5-6-11-30/h7-9,14,19,22H,4-6,10-13,15-18H2,1-3H3,(H,28,31)(H2,25,26,27). The molecule has 0 spiro atoms. The number of likely N-dealkylation sites (tertiary alicyclic amines) is 1. The highest BCUT2D eigenvalue weighted by Crippen LogP contribution is 2.15. The SMILES string of the molecule is CCNC(=NCc1cccc(NC(=O)N2CCCC2)c1)NCC1CN(CC(C)C)CCO1. The van der Waals surface area contributed by atoms with E-state index in [9.17, 15) is 4.79 Å². The van der Waals surface area contributed by atoms with E-state index in [-0.39, 0.29) is 12.1 Å². The topological polar surface area (TPSA) is 81.2 Å². The van der Waals surface area contributed by atoms with Crippen LogP contribution in [0.3, 0.4) is 0 Å². The Balaban J connectivity index is 1.51. The summed E-state index contributed by atoms with van der Waals surface area (Å²) in [6.07, 6.45) is 2.34. The molecule has 0 bridgehead atoms. The maximum Gasteiger partial charge on any atom is 0.321 e. The first kappa shape index (κ1) is 24.3. The lowest BCUT2D eigenvalue weighted by atomic mass is 10.2. The Morgan fingerprint density at radius 1 is 1.22 bits per heavy atom. The Bertz CT molecular complexity index is 748. The summed E-state index contributed by atoms with van der Waals surface area (Å²) in [5.41, 5.74) is 1.87. The lowest BCUT2D eigenvalue weighted by Gasteiger charge is -2.34.